The Bertz CT molecular complexity index is 1370. The Morgan fingerprint density at radius 2 is 1.77 bits per heavy atom. The summed E-state index contributed by atoms with van der Waals surface area (Å²) < 4.78 is 52.8. The summed E-state index contributed by atoms with van der Waals surface area (Å²) in [4.78, 5) is 17.4. The van der Waals surface area contributed by atoms with Gasteiger partial charge in [0.25, 0.3) is 5.91 Å². The zero-order chi connectivity index (χ0) is 22.4. The number of hydrogen-bond acceptors (Lipinski definition) is 7. The number of carbonyl (C=O) groups excluding carboxylic acids is 1. The highest BCUT2D eigenvalue weighted by Gasteiger charge is 2.28. The smallest absolute Gasteiger partial charge is 0.274 e. The fourth-order valence-electron chi connectivity index (χ4n) is 3.51. The topological polar surface area (TPSA) is 118 Å². The third-order valence-electron chi connectivity index (χ3n) is 5.17. The number of piperidine rings is 1. The zero-order valence-electron chi connectivity index (χ0n) is 17.0. The molecular formula is C19H22N4O5S3. The Kier molecular flexibility index (Phi) is 5.66. The van der Waals surface area contributed by atoms with Gasteiger partial charge in [-0.2, -0.15) is 4.31 Å². The van der Waals surface area contributed by atoms with Gasteiger partial charge < -0.3 is 4.57 Å². The van der Waals surface area contributed by atoms with Gasteiger partial charge in [-0.1, -0.05) is 17.8 Å². The van der Waals surface area contributed by atoms with Gasteiger partial charge in [-0.15, -0.1) is 0 Å². The van der Waals surface area contributed by atoms with Crippen LogP contribution in [0.25, 0.3) is 10.2 Å². The number of nitrogens with zero attached hydrogens (tertiary/aromatic N) is 3. The third kappa shape index (κ3) is 4.38. The first-order valence-corrected chi connectivity index (χ1v) is 13.8. The quantitative estimate of drug-likeness (QED) is 0.597. The van der Waals surface area contributed by atoms with Crippen molar-refractivity contribution >= 4 is 52.5 Å². The molecule has 166 valence electrons. The number of hydrogen-bond donors (Lipinski definition) is 1. The molecule has 9 nitrogen and oxygen atoms in total. The summed E-state index contributed by atoms with van der Waals surface area (Å²) in [6.07, 6.45) is 5.25. The summed E-state index contributed by atoms with van der Waals surface area (Å²) in [5.74, 6) is -0.495. The van der Waals surface area contributed by atoms with Crippen molar-refractivity contribution in [3.05, 3.63) is 36.2 Å². The van der Waals surface area contributed by atoms with E-state index in [1.165, 1.54) is 33.3 Å². The van der Waals surface area contributed by atoms with Crippen LogP contribution in [-0.4, -0.2) is 55.9 Å². The average molecular weight is 483 g/mol. The number of benzene rings is 1. The van der Waals surface area contributed by atoms with Gasteiger partial charge in [-0.25, -0.2) is 21.8 Å². The lowest BCUT2D eigenvalue weighted by atomic mass is 10.2. The molecule has 2 aromatic heterocycles. The van der Waals surface area contributed by atoms with Gasteiger partial charge in [0.05, 0.1) is 15.1 Å². The van der Waals surface area contributed by atoms with Crippen molar-refractivity contribution in [2.45, 2.75) is 29.1 Å². The number of rotatable bonds is 5. The minimum atomic E-state index is -3.65. The van der Waals surface area contributed by atoms with Crippen molar-refractivity contribution in [1.82, 2.24) is 13.9 Å². The summed E-state index contributed by atoms with van der Waals surface area (Å²) in [7, 11) is -5.38. The van der Waals surface area contributed by atoms with Gasteiger partial charge in [0, 0.05) is 32.6 Å². The highest BCUT2D eigenvalue weighted by molar-refractivity contribution is 7.90. The van der Waals surface area contributed by atoms with E-state index in [9.17, 15) is 21.6 Å². The molecule has 3 aromatic rings. The molecule has 1 N–H and O–H groups in total. The van der Waals surface area contributed by atoms with Gasteiger partial charge in [-0.3, -0.25) is 10.1 Å². The summed E-state index contributed by atoms with van der Waals surface area (Å²) in [6, 6.07) is 5.94. The number of aryl methyl sites for hydroxylation is 1. The van der Waals surface area contributed by atoms with Crippen molar-refractivity contribution in [3.8, 4) is 0 Å². The first-order valence-electron chi connectivity index (χ1n) is 9.64. The van der Waals surface area contributed by atoms with Gasteiger partial charge in [-0.05, 0) is 37.1 Å². The molecule has 1 aromatic carbocycles. The van der Waals surface area contributed by atoms with Crippen LogP contribution in [0.3, 0.4) is 0 Å². The predicted molar refractivity (Wildman–Crippen MR) is 119 cm³/mol. The van der Waals surface area contributed by atoms with Crippen LogP contribution in [0.5, 0.6) is 0 Å². The van der Waals surface area contributed by atoms with E-state index in [2.05, 4.69) is 10.3 Å². The van der Waals surface area contributed by atoms with Crippen molar-refractivity contribution in [2.24, 2.45) is 7.05 Å². The number of amides is 1. The monoisotopic (exact) mass is 482 g/mol. The molecule has 0 unspecified atom stereocenters. The first kappa shape index (κ1) is 21.9. The molecule has 3 heterocycles. The molecule has 4 rings (SSSR count). The largest absolute Gasteiger partial charge is 0.345 e. The highest BCUT2D eigenvalue weighted by Crippen LogP contribution is 2.29. The average Bonchev–Trinajstić information content (AvgIpc) is 3.30. The van der Waals surface area contributed by atoms with Crippen LogP contribution in [0.1, 0.15) is 29.8 Å². The number of thiazole rings is 1. The molecule has 12 heteroatoms. The lowest BCUT2D eigenvalue weighted by molar-refractivity contribution is 0.101. The molecule has 1 aliphatic heterocycles. The molecule has 0 spiro atoms. The number of aromatic nitrogens is 2. The number of carbonyl (C=O) groups is 1. The van der Waals surface area contributed by atoms with Crippen LogP contribution in [0.4, 0.5) is 5.13 Å². The molecule has 0 bridgehead atoms. The van der Waals surface area contributed by atoms with E-state index in [-0.39, 0.29) is 15.5 Å². The van der Waals surface area contributed by atoms with E-state index < -0.39 is 25.8 Å². The second-order valence-corrected chi connectivity index (χ2v) is 12.5. The number of anilines is 1. The second kappa shape index (κ2) is 8.01. The molecule has 1 saturated heterocycles. The van der Waals surface area contributed by atoms with Crippen LogP contribution in [0, 0.1) is 0 Å². The second-order valence-electron chi connectivity index (χ2n) is 7.51. The maximum Gasteiger partial charge on any atom is 0.274 e. The lowest BCUT2D eigenvalue weighted by Gasteiger charge is -2.25. The van der Waals surface area contributed by atoms with E-state index in [1.807, 2.05) is 0 Å². The van der Waals surface area contributed by atoms with Crippen molar-refractivity contribution < 1.29 is 21.6 Å². The van der Waals surface area contributed by atoms with Gasteiger partial charge >= 0.3 is 0 Å². The Morgan fingerprint density at radius 1 is 1.06 bits per heavy atom. The first-order chi connectivity index (χ1) is 14.6. The molecule has 1 fully saturated rings. The minimum absolute atomic E-state index is 0.0872. The number of fused-ring (bicyclic) bond motifs is 1. The van der Waals surface area contributed by atoms with Gasteiger partial charge in [0.2, 0.25) is 10.0 Å². The molecule has 1 amide bonds. The summed E-state index contributed by atoms with van der Waals surface area (Å²) in [5.41, 5.74) is 0.750. The van der Waals surface area contributed by atoms with Crippen LogP contribution < -0.4 is 5.32 Å². The number of sulfone groups is 1. The molecule has 0 saturated carbocycles. The fraction of sp³-hybridized carbons (Fsp3) is 0.368. The third-order valence-corrected chi connectivity index (χ3v) is 9.08. The van der Waals surface area contributed by atoms with E-state index in [4.69, 9.17) is 0 Å². The highest BCUT2D eigenvalue weighted by atomic mass is 32.2. The van der Waals surface area contributed by atoms with Crippen molar-refractivity contribution in [1.29, 1.82) is 0 Å². The SMILES string of the molecule is Cn1cc(S(=O)(=O)N2CCCCC2)cc1C(=O)Nc1nc2ccc(S(C)(=O)=O)cc2s1. The molecule has 1 aliphatic rings. The Hall–Kier alpha value is -2.28. The minimum Gasteiger partial charge on any atom is -0.345 e. The van der Waals surface area contributed by atoms with E-state index in [1.54, 1.807) is 13.1 Å². The van der Waals surface area contributed by atoms with Gasteiger partial charge in [0.15, 0.2) is 15.0 Å². The maximum absolute atomic E-state index is 12.9. The lowest BCUT2D eigenvalue weighted by Crippen LogP contribution is -2.35. The predicted octanol–water partition coefficient (Wildman–Crippen LogP) is 2.47. The Morgan fingerprint density at radius 3 is 2.45 bits per heavy atom. The van der Waals surface area contributed by atoms with Crippen molar-refractivity contribution in [2.75, 3.05) is 24.7 Å². The number of sulfonamides is 1. The van der Waals surface area contributed by atoms with E-state index in [0.29, 0.717) is 28.4 Å². The Labute approximate surface area is 184 Å². The van der Waals surface area contributed by atoms with Gasteiger partial charge in [0.1, 0.15) is 10.6 Å². The molecular weight excluding hydrogens is 460 g/mol. The zero-order valence-corrected chi connectivity index (χ0v) is 19.5. The molecule has 0 radical (unpaired) electrons. The maximum atomic E-state index is 12.9. The van der Waals surface area contributed by atoms with E-state index >= 15 is 0 Å². The molecule has 31 heavy (non-hydrogen) atoms. The standard InChI is InChI=1S/C19H22N4O5S3/c1-22-12-14(31(27,28)23-8-4-3-5-9-23)10-16(22)18(24)21-19-20-15-7-6-13(30(2,25)26)11-17(15)29-19/h6-7,10-12H,3-5,8-9H2,1-2H3,(H,20,21,24). The van der Waals surface area contributed by atoms with Crippen LogP contribution in [-0.2, 0) is 26.9 Å². The van der Waals surface area contributed by atoms with Crippen molar-refractivity contribution in [3.63, 3.8) is 0 Å². The normalized spacial score (nSPS) is 15.9. The van der Waals surface area contributed by atoms with Crippen LogP contribution in [0.15, 0.2) is 40.3 Å². The summed E-state index contributed by atoms with van der Waals surface area (Å²) in [5, 5.41) is 2.98. The molecule has 0 atom stereocenters. The summed E-state index contributed by atoms with van der Waals surface area (Å²) in [6.45, 7) is 0.972. The molecule has 0 aliphatic carbocycles. The summed E-state index contributed by atoms with van der Waals surface area (Å²) >= 11 is 1.15. The Balaban J connectivity index is 1.58. The fourth-order valence-corrected chi connectivity index (χ4v) is 6.72. The van der Waals surface area contributed by atoms with Crippen LogP contribution >= 0.6 is 11.3 Å². The number of nitrogens with one attached hydrogen (secondary N) is 1. The van der Waals surface area contributed by atoms with E-state index in [0.717, 1.165) is 36.9 Å². The van der Waals surface area contributed by atoms with Crippen LogP contribution in [0.2, 0.25) is 0 Å².